The first-order chi connectivity index (χ1) is 6.77. The monoisotopic (exact) mass is 193 g/mol. The van der Waals surface area contributed by atoms with Gasteiger partial charge in [0.15, 0.2) is 0 Å². The van der Waals surface area contributed by atoms with Gasteiger partial charge < -0.3 is 10.1 Å². The van der Waals surface area contributed by atoms with Gasteiger partial charge in [-0.25, -0.2) is 0 Å². The zero-order chi connectivity index (χ0) is 10.4. The summed E-state index contributed by atoms with van der Waals surface area (Å²) in [7, 11) is 0. The van der Waals surface area contributed by atoms with E-state index in [9.17, 15) is 0 Å². The largest absolute Gasteiger partial charge is 0.494 e. The number of ether oxygens (including phenoxy) is 1. The lowest BCUT2D eigenvalue weighted by Gasteiger charge is -2.13. The Morgan fingerprint density at radius 1 is 1.36 bits per heavy atom. The highest BCUT2D eigenvalue weighted by atomic mass is 16.5. The van der Waals surface area contributed by atoms with Gasteiger partial charge in [-0.05, 0) is 38.1 Å². The molecule has 1 atom stereocenters. The molecule has 1 N–H and O–H groups in total. The number of hydrogen-bond donors (Lipinski definition) is 1. The molecule has 2 nitrogen and oxygen atoms in total. The fourth-order valence-electron chi connectivity index (χ4n) is 1.46. The molecule has 1 rings (SSSR count). The van der Waals surface area contributed by atoms with Gasteiger partial charge in [0.25, 0.3) is 0 Å². The first kappa shape index (κ1) is 11.1. The third-order valence-corrected chi connectivity index (χ3v) is 2.18. The van der Waals surface area contributed by atoms with Crippen LogP contribution in [0.2, 0.25) is 0 Å². The van der Waals surface area contributed by atoms with E-state index in [2.05, 4.69) is 31.3 Å². The van der Waals surface area contributed by atoms with Crippen molar-refractivity contribution in [2.24, 2.45) is 0 Å². The summed E-state index contributed by atoms with van der Waals surface area (Å²) in [6.45, 7) is 7.98. The predicted molar refractivity (Wildman–Crippen MR) is 59.7 cm³/mol. The van der Waals surface area contributed by atoms with Crippen LogP contribution in [-0.2, 0) is 0 Å². The van der Waals surface area contributed by atoms with Crippen molar-refractivity contribution in [3.05, 3.63) is 29.8 Å². The Kier molecular flexibility index (Phi) is 4.47. The van der Waals surface area contributed by atoms with Crippen molar-refractivity contribution in [1.29, 1.82) is 0 Å². The van der Waals surface area contributed by atoms with Gasteiger partial charge in [-0.3, -0.25) is 0 Å². The highest BCUT2D eigenvalue weighted by molar-refractivity contribution is 5.30. The molecule has 0 aliphatic rings. The van der Waals surface area contributed by atoms with Gasteiger partial charge in [0, 0.05) is 6.04 Å². The maximum atomic E-state index is 5.45. The lowest BCUT2D eigenvalue weighted by molar-refractivity contribution is 0.339. The molecule has 0 fully saturated rings. The molecule has 14 heavy (non-hydrogen) atoms. The van der Waals surface area contributed by atoms with Crippen LogP contribution in [0.1, 0.15) is 32.4 Å². The summed E-state index contributed by atoms with van der Waals surface area (Å²) in [6, 6.07) is 8.63. The molecule has 1 aromatic carbocycles. The van der Waals surface area contributed by atoms with E-state index in [1.807, 2.05) is 19.1 Å². The van der Waals surface area contributed by atoms with Crippen molar-refractivity contribution >= 4 is 0 Å². The van der Waals surface area contributed by atoms with Gasteiger partial charge >= 0.3 is 0 Å². The second kappa shape index (κ2) is 5.66. The second-order valence-electron chi connectivity index (χ2n) is 3.28. The van der Waals surface area contributed by atoms with Crippen LogP contribution in [0.15, 0.2) is 24.3 Å². The van der Waals surface area contributed by atoms with Crippen LogP contribution in [0.25, 0.3) is 0 Å². The van der Waals surface area contributed by atoms with E-state index in [1.165, 1.54) is 5.56 Å². The van der Waals surface area contributed by atoms with E-state index in [1.54, 1.807) is 0 Å². The number of nitrogens with one attached hydrogen (secondary N) is 1. The minimum atomic E-state index is 0.389. The molecule has 0 spiro atoms. The summed E-state index contributed by atoms with van der Waals surface area (Å²) in [4.78, 5) is 0. The van der Waals surface area contributed by atoms with Crippen molar-refractivity contribution in [3.63, 3.8) is 0 Å². The summed E-state index contributed by atoms with van der Waals surface area (Å²) in [5.74, 6) is 0.953. The predicted octanol–water partition coefficient (Wildman–Crippen LogP) is 2.76. The smallest absolute Gasteiger partial charge is 0.119 e. The van der Waals surface area contributed by atoms with Gasteiger partial charge in [0.2, 0.25) is 0 Å². The Morgan fingerprint density at radius 3 is 2.79 bits per heavy atom. The maximum Gasteiger partial charge on any atom is 0.119 e. The molecule has 0 saturated heterocycles. The van der Waals surface area contributed by atoms with E-state index in [0.717, 1.165) is 18.9 Å². The van der Waals surface area contributed by atoms with Crippen molar-refractivity contribution in [1.82, 2.24) is 5.32 Å². The summed E-state index contributed by atoms with van der Waals surface area (Å²) in [5.41, 5.74) is 1.28. The van der Waals surface area contributed by atoms with E-state index in [0.29, 0.717) is 6.04 Å². The molecule has 1 unspecified atom stereocenters. The summed E-state index contributed by atoms with van der Waals surface area (Å²) in [6.07, 6.45) is 0. The molecular weight excluding hydrogens is 174 g/mol. The van der Waals surface area contributed by atoms with E-state index in [4.69, 9.17) is 4.74 Å². The molecule has 0 radical (unpaired) electrons. The Hall–Kier alpha value is -1.02. The zero-order valence-corrected chi connectivity index (χ0v) is 9.21. The standard InChI is InChI=1S/C12H19NO/c1-4-13-10(3)11-7-6-8-12(9-11)14-5-2/h6-10,13H,4-5H2,1-3H3. The maximum absolute atomic E-state index is 5.45. The summed E-state index contributed by atoms with van der Waals surface area (Å²) >= 11 is 0. The summed E-state index contributed by atoms with van der Waals surface area (Å²) < 4.78 is 5.45. The molecule has 0 bridgehead atoms. The van der Waals surface area contributed by atoms with Crippen LogP contribution in [0.5, 0.6) is 5.75 Å². The molecule has 0 saturated carbocycles. The Morgan fingerprint density at radius 2 is 2.14 bits per heavy atom. The van der Waals surface area contributed by atoms with Gasteiger partial charge in [-0.1, -0.05) is 19.1 Å². The number of benzene rings is 1. The molecular formula is C12H19NO. The van der Waals surface area contributed by atoms with E-state index < -0.39 is 0 Å². The highest BCUT2D eigenvalue weighted by Gasteiger charge is 2.03. The van der Waals surface area contributed by atoms with E-state index >= 15 is 0 Å². The van der Waals surface area contributed by atoms with Gasteiger partial charge in [0.1, 0.15) is 5.75 Å². The quantitative estimate of drug-likeness (QED) is 0.776. The Balaban J connectivity index is 2.71. The van der Waals surface area contributed by atoms with Crippen molar-refractivity contribution in [2.75, 3.05) is 13.2 Å². The molecule has 0 aliphatic carbocycles. The highest BCUT2D eigenvalue weighted by Crippen LogP contribution is 2.18. The van der Waals surface area contributed by atoms with Crippen LogP contribution in [0.4, 0.5) is 0 Å². The molecule has 2 heteroatoms. The molecule has 0 aromatic heterocycles. The Bertz CT molecular complexity index is 273. The van der Waals surface area contributed by atoms with Crippen LogP contribution < -0.4 is 10.1 Å². The third kappa shape index (κ3) is 3.04. The normalized spacial score (nSPS) is 12.5. The topological polar surface area (TPSA) is 21.3 Å². The average molecular weight is 193 g/mol. The Labute approximate surface area is 86.3 Å². The second-order valence-corrected chi connectivity index (χ2v) is 3.28. The lowest BCUT2D eigenvalue weighted by Crippen LogP contribution is -2.17. The molecule has 0 amide bonds. The number of rotatable bonds is 5. The first-order valence-electron chi connectivity index (χ1n) is 5.24. The van der Waals surface area contributed by atoms with Crippen LogP contribution in [-0.4, -0.2) is 13.2 Å². The lowest BCUT2D eigenvalue weighted by atomic mass is 10.1. The molecule has 78 valence electrons. The SMILES string of the molecule is CCNC(C)c1cccc(OCC)c1. The van der Waals surface area contributed by atoms with Crippen molar-refractivity contribution < 1.29 is 4.74 Å². The molecule has 0 heterocycles. The number of hydrogen-bond acceptors (Lipinski definition) is 2. The minimum absolute atomic E-state index is 0.389. The third-order valence-electron chi connectivity index (χ3n) is 2.18. The minimum Gasteiger partial charge on any atom is -0.494 e. The first-order valence-corrected chi connectivity index (χ1v) is 5.24. The van der Waals surface area contributed by atoms with Crippen molar-refractivity contribution in [3.8, 4) is 5.75 Å². The van der Waals surface area contributed by atoms with Gasteiger partial charge in [-0.2, -0.15) is 0 Å². The fourth-order valence-corrected chi connectivity index (χ4v) is 1.46. The molecule has 0 aliphatic heterocycles. The summed E-state index contributed by atoms with van der Waals surface area (Å²) in [5, 5.41) is 3.38. The molecule has 1 aromatic rings. The van der Waals surface area contributed by atoms with Crippen LogP contribution in [0, 0.1) is 0 Å². The van der Waals surface area contributed by atoms with E-state index in [-0.39, 0.29) is 0 Å². The van der Waals surface area contributed by atoms with Crippen LogP contribution in [0.3, 0.4) is 0 Å². The van der Waals surface area contributed by atoms with Crippen molar-refractivity contribution in [2.45, 2.75) is 26.8 Å². The fraction of sp³-hybridized carbons (Fsp3) is 0.500. The average Bonchev–Trinajstić information content (AvgIpc) is 2.19. The van der Waals surface area contributed by atoms with Gasteiger partial charge in [-0.15, -0.1) is 0 Å². The van der Waals surface area contributed by atoms with Gasteiger partial charge in [0.05, 0.1) is 6.61 Å². The zero-order valence-electron chi connectivity index (χ0n) is 9.21. The van der Waals surface area contributed by atoms with Crippen LogP contribution >= 0.6 is 0 Å².